The lowest BCUT2D eigenvalue weighted by atomic mass is 10.2. The smallest absolute Gasteiger partial charge is 0.337 e. The van der Waals surface area contributed by atoms with Gasteiger partial charge in [-0.3, -0.25) is 0 Å². The van der Waals surface area contributed by atoms with Gasteiger partial charge in [0.05, 0.1) is 26.3 Å². The van der Waals surface area contributed by atoms with Crippen molar-refractivity contribution in [1.82, 2.24) is 5.32 Å². The Hall–Kier alpha value is -2.80. The van der Waals surface area contributed by atoms with E-state index in [1.165, 1.54) is 7.11 Å². The largest absolute Gasteiger partial charge is 0.493 e. The van der Waals surface area contributed by atoms with Crippen LogP contribution >= 0.6 is 12.2 Å². The SMILES string of the molecule is COC(=O)c1ccc(NC(=S)NCCOc2ccccc2OC)cc1. The molecule has 2 N–H and O–H groups in total. The van der Waals surface area contributed by atoms with Crippen LogP contribution in [0.15, 0.2) is 48.5 Å². The van der Waals surface area contributed by atoms with Gasteiger partial charge in [-0.1, -0.05) is 12.1 Å². The van der Waals surface area contributed by atoms with Crippen LogP contribution in [-0.4, -0.2) is 38.5 Å². The molecule has 0 unspecified atom stereocenters. The maximum Gasteiger partial charge on any atom is 0.337 e. The highest BCUT2D eigenvalue weighted by molar-refractivity contribution is 7.80. The first-order valence-electron chi connectivity index (χ1n) is 7.63. The first-order chi connectivity index (χ1) is 12.1. The first kappa shape index (κ1) is 18.5. The molecular weight excluding hydrogens is 340 g/mol. The third-order valence-electron chi connectivity index (χ3n) is 3.28. The van der Waals surface area contributed by atoms with E-state index in [0.29, 0.717) is 35.3 Å². The summed E-state index contributed by atoms with van der Waals surface area (Å²) in [6, 6.07) is 14.3. The van der Waals surface area contributed by atoms with Crippen molar-refractivity contribution in [1.29, 1.82) is 0 Å². The molecule has 0 aliphatic carbocycles. The minimum Gasteiger partial charge on any atom is -0.493 e. The van der Waals surface area contributed by atoms with Gasteiger partial charge in [-0.2, -0.15) is 0 Å². The first-order valence-corrected chi connectivity index (χ1v) is 8.04. The summed E-state index contributed by atoms with van der Waals surface area (Å²) < 4.78 is 15.5. The molecule has 0 saturated heterocycles. The Bertz CT molecular complexity index is 719. The predicted molar refractivity (Wildman–Crippen MR) is 100 cm³/mol. The summed E-state index contributed by atoms with van der Waals surface area (Å²) in [5, 5.41) is 6.55. The number of nitrogens with one attached hydrogen (secondary N) is 2. The molecule has 0 aliphatic heterocycles. The van der Waals surface area contributed by atoms with Crippen molar-refractivity contribution in [2.24, 2.45) is 0 Å². The number of para-hydroxylation sites is 2. The molecule has 0 saturated carbocycles. The van der Waals surface area contributed by atoms with Gasteiger partial charge in [0.25, 0.3) is 0 Å². The molecule has 132 valence electrons. The van der Waals surface area contributed by atoms with Gasteiger partial charge in [-0.05, 0) is 48.6 Å². The van der Waals surface area contributed by atoms with Crippen molar-refractivity contribution in [2.75, 3.05) is 32.7 Å². The molecule has 0 aliphatic rings. The second-order valence-electron chi connectivity index (χ2n) is 4.95. The van der Waals surface area contributed by atoms with E-state index >= 15 is 0 Å². The number of anilines is 1. The van der Waals surface area contributed by atoms with E-state index in [0.717, 1.165) is 5.69 Å². The van der Waals surface area contributed by atoms with Crippen LogP contribution in [0.2, 0.25) is 0 Å². The molecule has 6 nitrogen and oxygen atoms in total. The van der Waals surface area contributed by atoms with Gasteiger partial charge in [-0.25, -0.2) is 4.79 Å². The van der Waals surface area contributed by atoms with Crippen LogP contribution < -0.4 is 20.1 Å². The molecule has 2 rings (SSSR count). The van der Waals surface area contributed by atoms with Crippen LogP contribution in [0.5, 0.6) is 11.5 Å². The van der Waals surface area contributed by atoms with E-state index in [9.17, 15) is 4.79 Å². The average molecular weight is 360 g/mol. The van der Waals surface area contributed by atoms with Crippen molar-refractivity contribution in [2.45, 2.75) is 0 Å². The number of hydrogen-bond donors (Lipinski definition) is 2. The highest BCUT2D eigenvalue weighted by Crippen LogP contribution is 2.25. The Kier molecular flexibility index (Phi) is 7.03. The number of hydrogen-bond acceptors (Lipinski definition) is 5. The van der Waals surface area contributed by atoms with Crippen molar-refractivity contribution in [3.05, 3.63) is 54.1 Å². The molecule has 2 aromatic rings. The normalized spacial score (nSPS) is 9.84. The van der Waals surface area contributed by atoms with E-state index < -0.39 is 0 Å². The number of esters is 1. The van der Waals surface area contributed by atoms with Crippen LogP contribution in [0.25, 0.3) is 0 Å². The minimum absolute atomic E-state index is 0.374. The van der Waals surface area contributed by atoms with Gasteiger partial charge in [-0.15, -0.1) is 0 Å². The predicted octanol–water partition coefficient (Wildman–Crippen LogP) is 2.85. The lowest BCUT2D eigenvalue weighted by molar-refractivity contribution is 0.0601. The van der Waals surface area contributed by atoms with E-state index in [1.54, 1.807) is 31.4 Å². The number of ether oxygens (including phenoxy) is 3. The maximum absolute atomic E-state index is 11.4. The van der Waals surface area contributed by atoms with Crippen LogP contribution in [-0.2, 0) is 4.74 Å². The lowest BCUT2D eigenvalue weighted by Gasteiger charge is -2.13. The van der Waals surface area contributed by atoms with Crippen LogP contribution in [0, 0.1) is 0 Å². The van der Waals surface area contributed by atoms with Gasteiger partial charge < -0.3 is 24.8 Å². The summed E-state index contributed by atoms with van der Waals surface area (Å²) in [6.45, 7) is 0.966. The van der Waals surface area contributed by atoms with Crippen LogP contribution in [0.1, 0.15) is 10.4 Å². The number of carbonyl (C=O) groups excluding carboxylic acids is 1. The van der Waals surface area contributed by atoms with E-state index in [2.05, 4.69) is 15.4 Å². The number of methoxy groups -OCH3 is 2. The summed E-state index contributed by atoms with van der Waals surface area (Å²) in [4.78, 5) is 11.4. The molecule has 0 fully saturated rings. The molecule has 25 heavy (non-hydrogen) atoms. The third-order valence-corrected chi connectivity index (χ3v) is 3.52. The molecule has 0 bridgehead atoms. The van der Waals surface area contributed by atoms with Crippen LogP contribution in [0.3, 0.4) is 0 Å². The maximum atomic E-state index is 11.4. The Labute approximate surface area is 152 Å². The fourth-order valence-corrected chi connectivity index (χ4v) is 2.27. The molecule has 0 spiro atoms. The number of carbonyl (C=O) groups is 1. The molecule has 7 heteroatoms. The molecule has 0 radical (unpaired) electrons. The van der Waals surface area contributed by atoms with Crippen molar-refractivity contribution in [3.63, 3.8) is 0 Å². The quantitative estimate of drug-likeness (QED) is 0.447. The highest BCUT2D eigenvalue weighted by Gasteiger charge is 2.05. The van der Waals surface area contributed by atoms with Gasteiger partial charge in [0.2, 0.25) is 0 Å². The van der Waals surface area contributed by atoms with E-state index in [4.69, 9.17) is 21.7 Å². The zero-order valence-corrected chi connectivity index (χ0v) is 14.9. The van der Waals surface area contributed by atoms with Gasteiger partial charge in [0, 0.05) is 5.69 Å². The summed E-state index contributed by atoms with van der Waals surface area (Å²) in [7, 11) is 2.95. The Morgan fingerprint density at radius 3 is 2.36 bits per heavy atom. The molecular formula is C18H20N2O4S. The second kappa shape index (κ2) is 9.48. The Morgan fingerprint density at radius 1 is 1.04 bits per heavy atom. The van der Waals surface area contributed by atoms with Gasteiger partial charge in [0.15, 0.2) is 16.6 Å². The number of thiocarbonyl (C=S) groups is 1. The molecule has 0 atom stereocenters. The zero-order chi connectivity index (χ0) is 18.1. The molecule has 0 heterocycles. The van der Waals surface area contributed by atoms with Gasteiger partial charge >= 0.3 is 5.97 Å². The highest BCUT2D eigenvalue weighted by atomic mass is 32.1. The number of benzene rings is 2. The number of rotatable bonds is 7. The van der Waals surface area contributed by atoms with Crippen molar-refractivity contribution >= 4 is 29.0 Å². The van der Waals surface area contributed by atoms with Crippen molar-refractivity contribution < 1.29 is 19.0 Å². The lowest BCUT2D eigenvalue weighted by Crippen LogP contribution is -2.32. The Morgan fingerprint density at radius 2 is 1.72 bits per heavy atom. The fraction of sp³-hybridized carbons (Fsp3) is 0.222. The molecule has 0 aromatic heterocycles. The fourth-order valence-electron chi connectivity index (χ4n) is 2.05. The zero-order valence-electron chi connectivity index (χ0n) is 14.1. The standard InChI is InChI=1S/C18H20N2O4S/c1-22-15-5-3-4-6-16(15)24-12-11-19-18(25)20-14-9-7-13(8-10-14)17(21)23-2/h3-10H,11-12H2,1-2H3,(H2,19,20,25). The van der Waals surface area contributed by atoms with Gasteiger partial charge in [0.1, 0.15) is 6.61 Å². The van der Waals surface area contributed by atoms with E-state index in [1.807, 2.05) is 24.3 Å². The van der Waals surface area contributed by atoms with Crippen molar-refractivity contribution in [3.8, 4) is 11.5 Å². The third kappa shape index (κ3) is 5.65. The summed E-state index contributed by atoms with van der Waals surface area (Å²) in [5.41, 5.74) is 1.26. The molecule has 2 aromatic carbocycles. The summed E-state index contributed by atoms with van der Waals surface area (Å²) in [6.07, 6.45) is 0. The van der Waals surface area contributed by atoms with Crippen LogP contribution in [0.4, 0.5) is 5.69 Å². The summed E-state index contributed by atoms with van der Waals surface area (Å²) in [5.74, 6) is 0.999. The Balaban J connectivity index is 1.74. The second-order valence-corrected chi connectivity index (χ2v) is 5.36. The minimum atomic E-state index is -0.374. The van der Waals surface area contributed by atoms with E-state index in [-0.39, 0.29) is 5.97 Å². The monoisotopic (exact) mass is 360 g/mol. The topological polar surface area (TPSA) is 68.8 Å². The molecule has 0 amide bonds. The average Bonchev–Trinajstić information content (AvgIpc) is 2.65. The summed E-state index contributed by atoms with van der Waals surface area (Å²) >= 11 is 5.23.